The highest BCUT2D eigenvalue weighted by atomic mass is 35.5. The number of hydrogen-bond acceptors (Lipinski definition) is 3. The largest absolute Gasteiger partial charge is 0.289 e. The van der Waals surface area contributed by atoms with Gasteiger partial charge in [0.05, 0.1) is 10.6 Å². The van der Waals surface area contributed by atoms with E-state index < -0.39 is 9.84 Å². The van der Waals surface area contributed by atoms with Crippen LogP contribution >= 0.6 is 11.6 Å². The summed E-state index contributed by atoms with van der Waals surface area (Å²) >= 11 is 5.86. The molecule has 0 bridgehead atoms. The number of aryl methyl sites for hydroxylation is 1. The standard InChI is InChI=1S/C18H15ClO3S/c1-12-2-7-17-16(10-12)18(20)14(8-9-23(17,21)22)11-13-3-5-15(19)6-4-13/h2-7,10-11H,8-9H2,1H3/b14-11-. The Morgan fingerprint density at radius 1 is 1.09 bits per heavy atom. The van der Waals surface area contributed by atoms with Gasteiger partial charge in [-0.15, -0.1) is 0 Å². The molecule has 1 aliphatic heterocycles. The Bertz CT molecular complexity index is 910. The minimum Gasteiger partial charge on any atom is -0.289 e. The molecule has 0 saturated carbocycles. The molecule has 0 aromatic heterocycles. The summed E-state index contributed by atoms with van der Waals surface area (Å²) in [6.07, 6.45) is 1.95. The van der Waals surface area contributed by atoms with Gasteiger partial charge in [0.25, 0.3) is 0 Å². The first-order valence-electron chi connectivity index (χ1n) is 7.21. The molecule has 5 heteroatoms. The zero-order valence-corrected chi connectivity index (χ0v) is 14.1. The maximum atomic E-state index is 12.8. The number of ketones is 1. The van der Waals surface area contributed by atoms with Crippen LogP contribution in [0, 0.1) is 6.92 Å². The molecule has 2 aromatic rings. The van der Waals surface area contributed by atoms with Crippen molar-refractivity contribution in [3.05, 3.63) is 69.8 Å². The normalized spacial score (nSPS) is 18.5. The molecule has 0 radical (unpaired) electrons. The lowest BCUT2D eigenvalue weighted by molar-refractivity contribution is 0.103. The molecule has 1 aliphatic rings. The van der Waals surface area contributed by atoms with Crippen molar-refractivity contribution in [3.63, 3.8) is 0 Å². The fourth-order valence-corrected chi connectivity index (χ4v) is 4.23. The van der Waals surface area contributed by atoms with E-state index in [1.54, 1.807) is 42.5 Å². The quantitative estimate of drug-likeness (QED) is 0.731. The predicted molar refractivity (Wildman–Crippen MR) is 91.6 cm³/mol. The van der Waals surface area contributed by atoms with Crippen LogP contribution in [0.3, 0.4) is 0 Å². The van der Waals surface area contributed by atoms with Crippen LogP contribution in [0.5, 0.6) is 0 Å². The van der Waals surface area contributed by atoms with Gasteiger partial charge in [-0.05, 0) is 49.2 Å². The Balaban J connectivity index is 2.12. The molecular weight excluding hydrogens is 332 g/mol. The van der Waals surface area contributed by atoms with Crippen molar-refractivity contribution >= 4 is 33.3 Å². The Morgan fingerprint density at radius 3 is 2.48 bits per heavy atom. The predicted octanol–water partition coefficient (Wildman–Crippen LogP) is 4.09. The van der Waals surface area contributed by atoms with Gasteiger partial charge in [-0.3, -0.25) is 4.79 Å². The number of fused-ring (bicyclic) bond motifs is 1. The lowest BCUT2D eigenvalue weighted by Gasteiger charge is -2.06. The number of allylic oxidation sites excluding steroid dienone is 1. The van der Waals surface area contributed by atoms with Gasteiger partial charge in [0.15, 0.2) is 15.6 Å². The average molecular weight is 347 g/mol. The van der Waals surface area contributed by atoms with Crippen molar-refractivity contribution < 1.29 is 13.2 Å². The monoisotopic (exact) mass is 346 g/mol. The number of sulfone groups is 1. The Labute approximate surface area is 140 Å². The van der Waals surface area contributed by atoms with E-state index in [9.17, 15) is 13.2 Å². The van der Waals surface area contributed by atoms with E-state index in [1.807, 2.05) is 6.92 Å². The topological polar surface area (TPSA) is 51.2 Å². The summed E-state index contributed by atoms with van der Waals surface area (Å²) in [7, 11) is -3.44. The van der Waals surface area contributed by atoms with Crippen LogP contribution in [0.1, 0.15) is 27.9 Å². The van der Waals surface area contributed by atoms with Crippen molar-refractivity contribution in [3.8, 4) is 0 Å². The van der Waals surface area contributed by atoms with Crippen LogP contribution in [-0.4, -0.2) is 20.0 Å². The van der Waals surface area contributed by atoms with Gasteiger partial charge in [0, 0.05) is 16.2 Å². The van der Waals surface area contributed by atoms with Crippen LogP contribution in [0.4, 0.5) is 0 Å². The average Bonchev–Trinajstić information content (AvgIpc) is 2.60. The zero-order valence-electron chi connectivity index (χ0n) is 12.5. The molecule has 0 unspecified atom stereocenters. The highest BCUT2D eigenvalue weighted by Crippen LogP contribution is 2.29. The second-order valence-corrected chi connectivity index (χ2v) is 8.13. The van der Waals surface area contributed by atoms with Crippen LogP contribution in [0.25, 0.3) is 6.08 Å². The number of Topliss-reactive ketones (excluding diaryl/α,β-unsaturated/α-hetero) is 1. The lowest BCUT2D eigenvalue weighted by Crippen LogP contribution is -2.07. The van der Waals surface area contributed by atoms with Crippen LogP contribution in [0.2, 0.25) is 5.02 Å². The summed E-state index contributed by atoms with van der Waals surface area (Å²) in [5.41, 5.74) is 2.45. The first kappa shape index (κ1) is 16.0. The molecule has 23 heavy (non-hydrogen) atoms. The molecule has 0 N–H and O–H groups in total. The van der Waals surface area contributed by atoms with Gasteiger partial charge in [0.2, 0.25) is 0 Å². The number of carbonyl (C=O) groups excluding carboxylic acids is 1. The van der Waals surface area contributed by atoms with Crippen molar-refractivity contribution in [1.29, 1.82) is 0 Å². The summed E-state index contributed by atoms with van der Waals surface area (Å²) < 4.78 is 24.8. The molecule has 0 amide bonds. The first-order valence-corrected chi connectivity index (χ1v) is 9.24. The zero-order chi connectivity index (χ0) is 16.6. The fraction of sp³-hybridized carbons (Fsp3) is 0.167. The third-order valence-electron chi connectivity index (χ3n) is 3.86. The molecule has 0 atom stereocenters. The van der Waals surface area contributed by atoms with Crippen molar-refractivity contribution in [2.45, 2.75) is 18.2 Å². The van der Waals surface area contributed by atoms with Crippen LogP contribution in [-0.2, 0) is 9.84 Å². The maximum absolute atomic E-state index is 12.8. The van der Waals surface area contributed by atoms with Gasteiger partial charge in [0.1, 0.15) is 0 Å². The van der Waals surface area contributed by atoms with E-state index in [4.69, 9.17) is 11.6 Å². The first-order chi connectivity index (χ1) is 10.9. The van der Waals surface area contributed by atoms with Gasteiger partial charge < -0.3 is 0 Å². The maximum Gasteiger partial charge on any atom is 0.190 e. The van der Waals surface area contributed by atoms with Crippen LogP contribution in [0.15, 0.2) is 52.9 Å². The number of benzene rings is 2. The summed E-state index contributed by atoms with van der Waals surface area (Å²) in [5.74, 6) is -0.284. The fourth-order valence-electron chi connectivity index (χ4n) is 2.63. The molecule has 0 fully saturated rings. The highest BCUT2D eigenvalue weighted by molar-refractivity contribution is 7.91. The summed E-state index contributed by atoms with van der Waals surface area (Å²) in [6, 6.07) is 12.0. The molecule has 0 saturated heterocycles. The number of carbonyl (C=O) groups is 1. The molecule has 118 valence electrons. The number of halogens is 1. The smallest absolute Gasteiger partial charge is 0.190 e. The van der Waals surface area contributed by atoms with E-state index in [-0.39, 0.29) is 28.4 Å². The molecule has 0 aliphatic carbocycles. The summed E-state index contributed by atoms with van der Waals surface area (Å²) in [5, 5.41) is 0.614. The minimum atomic E-state index is -3.44. The van der Waals surface area contributed by atoms with Crippen molar-refractivity contribution in [2.75, 3.05) is 5.75 Å². The molecule has 1 heterocycles. The SMILES string of the molecule is Cc1ccc2c(c1)C(=O)/C(=C\c1ccc(Cl)cc1)CCS2(=O)=O. The number of hydrogen-bond donors (Lipinski definition) is 0. The van der Waals surface area contributed by atoms with E-state index in [0.717, 1.165) is 11.1 Å². The van der Waals surface area contributed by atoms with E-state index in [0.29, 0.717) is 10.6 Å². The molecule has 0 spiro atoms. The Hall–Kier alpha value is -1.91. The second-order valence-electron chi connectivity index (χ2n) is 5.62. The third kappa shape index (κ3) is 3.23. The molecule has 2 aromatic carbocycles. The molecule has 3 nitrogen and oxygen atoms in total. The van der Waals surface area contributed by atoms with E-state index >= 15 is 0 Å². The van der Waals surface area contributed by atoms with Crippen molar-refractivity contribution in [2.24, 2.45) is 0 Å². The molecular formula is C18H15ClO3S. The van der Waals surface area contributed by atoms with E-state index in [2.05, 4.69) is 0 Å². The van der Waals surface area contributed by atoms with Gasteiger partial charge >= 0.3 is 0 Å². The number of rotatable bonds is 1. The van der Waals surface area contributed by atoms with Gasteiger partial charge in [-0.1, -0.05) is 35.4 Å². The molecule has 3 rings (SSSR count). The Morgan fingerprint density at radius 2 is 1.78 bits per heavy atom. The summed E-state index contributed by atoms with van der Waals surface area (Å²) in [6.45, 7) is 1.84. The third-order valence-corrected chi connectivity index (χ3v) is 5.88. The summed E-state index contributed by atoms with van der Waals surface area (Å²) in [4.78, 5) is 12.9. The Kier molecular flexibility index (Phi) is 4.13. The van der Waals surface area contributed by atoms with E-state index in [1.165, 1.54) is 6.07 Å². The van der Waals surface area contributed by atoms with Gasteiger partial charge in [-0.2, -0.15) is 0 Å². The second kappa shape index (κ2) is 5.95. The highest BCUT2D eigenvalue weighted by Gasteiger charge is 2.29. The van der Waals surface area contributed by atoms with Crippen LogP contribution < -0.4 is 0 Å². The van der Waals surface area contributed by atoms with Crippen molar-refractivity contribution in [1.82, 2.24) is 0 Å². The lowest BCUT2D eigenvalue weighted by atomic mass is 9.98. The minimum absolute atomic E-state index is 0.0613. The van der Waals surface area contributed by atoms with Gasteiger partial charge in [-0.25, -0.2) is 8.42 Å².